The van der Waals surface area contributed by atoms with Crippen LogP contribution >= 0.6 is 11.6 Å². The molecule has 0 aliphatic heterocycles. The molecule has 2 aromatic heterocycles. The lowest BCUT2D eigenvalue weighted by Gasteiger charge is -2.35. The number of rotatable bonds is 10. The van der Waals surface area contributed by atoms with Gasteiger partial charge in [-0.25, -0.2) is 18.4 Å². The highest BCUT2D eigenvalue weighted by molar-refractivity contribution is 7.93. The number of aromatic nitrogens is 5. The normalized spacial score (nSPS) is 18.2. The van der Waals surface area contributed by atoms with Gasteiger partial charge in [-0.15, -0.1) is 10.2 Å². The number of halogens is 1. The Morgan fingerprint density at radius 3 is 2.24 bits per heavy atom. The fourth-order valence-electron chi connectivity index (χ4n) is 5.01. The molecule has 1 aromatic carbocycles. The van der Waals surface area contributed by atoms with Crippen molar-refractivity contribution in [2.45, 2.75) is 49.9 Å². The van der Waals surface area contributed by atoms with E-state index in [4.69, 9.17) is 25.8 Å². The summed E-state index contributed by atoms with van der Waals surface area (Å²) < 4.78 is 48.2. The average Bonchev–Trinajstić information content (AvgIpc) is 3.59. The molecule has 2 fully saturated rings. The molecule has 0 bridgehead atoms. The van der Waals surface area contributed by atoms with Crippen LogP contribution < -0.4 is 14.2 Å². The number of sulfonamides is 1. The third-order valence-corrected chi connectivity index (χ3v) is 9.18. The van der Waals surface area contributed by atoms with Gasteiger partial charge in [0.15, 0.2) is 5.82 Å². The fourth-order valence-corrected chi connectivity index (χ4v) is 6.24. The maximum absolute atomic E-state index is 13.6. The number of hydrogen-bond acceptors (Lipinski definition) is 9. The van der Waals surface area contributed by atoms with Crippen LogP contribution in [0.4, 0.5) is 5.95 Å². The monoisotopic (exact) mass is 548 g/mol. The summed E-state index contributed by atoms with van der Waals surface area (Å²) in [7, 11) is 0.440. The first-order valence-corrected chi connectivity index (χ1v) is 13.8. The van der Waals surface area contributed by atoms with Gasteiger partial charge in [0.1, 0.15) is 34.4 Å². The summed E-state index contributed by atoms with van der Waals surface area (Å²) in [5, 5.41) is 7.97. The number of methoxy groups -OCH3 is 3. The Morgan fingerprint density at radius 1 is 1.08 bits per heavy atom. The van der Waals surface area contributed by atoms with Gasteiger partial charge in [-0.2, -0.15) is 0 Å². The molecule has 37 heavy (non-hydrogen) atoms. The number of nitrogens with zero attached hydrogens (tertiary/aromatic N) is 5. The third-order valence-electron chi connectivity index (χ3n) is 7.29. The minimum Gasteiger partial charge on any atom is -0.494 e. The second-order valence-corrected chi connectivity index (χ2v) is 12.1. The Labute approximate surface area is 220 Å². The molecule has 2 saturated carbocycles. The first kappa shape index (κ1) is 25.7. The molecule has 0 amide bonds. The summed E-state index contributed by atoms with van der Waals surface area (Å²) in [5.74, 6) is 2.04. The Hall–Kier alpha value is -2.96. The van der Waals surface area contributed by atoms with Crippen molar-refractivity contribution in [1.29, 1.82) is 0 Å². The highest BCUT2D eigenvalue weighted by atomic mass is 35.5. The van der Waals surface area contributed by atoms with Gasteiger partial charge in [0.05, 0.1) is 19.2 Å². The maximum atomic E-state index is 13.6. The van der Waals surface area contributed by atoms with E-state index in [1.807, 2.05) is 0 Å². The van der Waals surface area contributed by atoms with Gasteiger partial charge in [-0.05, 0) is 50.2 Å². The van der Waals surface area contributed by atoms with E-state index < -0.39 is 21.4 Å². The molecule has 5 rings (SSSR count). The average molecular weight is 549 g/mol. The number of hydrogen-bond donors (Lipinski definition) is 1. The van der Waals surface area contributed by atoms with Crippen molar-refractivity contribution in [2.24, 2.45) is 5.41 Å². The zero-order valence-electron chi connectivity index (χ0n) is 21.0. The SMILES string of the molecule is COc1cccc(OC)c1-n1c(NS(=O)(=O)C(C)C(OC)c2ncc(Cl)cn2)nnc1C1CC2(CC2)C1. The quantitative estimate of drug-likeness (QED) is 0.400. The largest absolute Gasteiger partial charge is 0.494 e. The van der Waals surface area contributed by atoms with Gasteiger partial charge in [0.2, 0.25) is 16.0 Å². The molecule has 198 valence electrons. The van der Waals surface area contributed by atoms with Crippen molar-refractivity contribution in [3.63, 3.8) is 0 Å². The van der Waals surface area contributed by atoms with Crippen LogP contribution in [0.25, 0.3) is 5.69 Å². The molecule has 3 aromatic rings. The Kier molecular flexibility index (Phi) is 6.75. The van der Waals surface area contributed by atoms with E-state index in [1.54, 1.807) is 37.0 Å². The first-order valence-electron chi connectivity index (χ1n) is 11.9. The molecule has 0 radical (unpaired) electrons. The second kappa shape index (κ2) is 9.73. The van der Waals surface area contributed by atoms with Crippen LogP contribution in [0.15, 0.2) is 30.6 Å². The molecule has 1 N–H and O–H groups in total. The van der Waals surface area contributed by atoms with Crippen LogP contribution in [0.1, 0.15) is 56.3 Å². The standard InChI is InChI=1S/C24H29ClN6O5S/c1-14(20(36-4)21-26-12-16(25)13-27-21)37(32,33)30-23-29-28-22(15-10-24(11-15)8-9-24)31(23)19-17(34-2)6-5-7-18(19)35-3/h5-7,12-15,20H,8-11H2,1-4H3,(H,29,30). The molecule has 11 nitrogen and oxygen atoms in total. The summed E-state index contributed by atoms with van der Waals surface area (Å²) in [6.07, 6.45) is 6.26. The number of ether oxygens (including phenoxy) is 3. The van der Waals surface area contributed by atoms with Gasteiger partial charge in [0, 0.05) is 25.4 Å². The van der Waals surface area contributed by atoms with E-state index in [2.05, 4.69) is 24.9 Å². The van der Waals surface area contributed by atoms with Crippen molar-refractivity contribution in [3.8, 4) is 17.2 Å². The van der Waals surface area contributed by atoms with Gasteiger partial charge >= 0.3 is 0 Å². The summed E-state index contributed by atoms with van der Waals surface area (Å²) in [4.78, 5) is 8.28. The van der Waals surface area contributed by atoms with Crippen molar-refractivity contribution >= 4 is 27.6 Å². The molecule has 1 spiro atoms. The fraction of sp³-hybridized carbons (Fsp3) is 0.500. The topological polar surface area (TPSA) is 130 Å². The van der Waals surface area contributed by atoms with E-state index in [0.29, 0.717) is 33.4 Å². The predicted molar refractivity (Wildman–Crippen MR) is 137 cm³/mol. The molecule has 2 heterocycles. The van der Waals surface area contributed by atoms with E-state index in [1.165, 1.54) is 39.3 Å². The molecular weight excluding hydrogens is 520 g/mol. The summed E-state index contributed by atoms with van der Waals surface area (Å²) in [5.41, 5.74) is 0.934. The lowest BCUT2D eigenvalue weighted by Crippen LogP contribution is -2.33. The first-order chi connectivity index (χ1) is 17.7. The van der Waals surface area contributed by atoms with Crippen molar-refractivity contribution < 1.29 is 22.6 Å². The molecule has 2 unspecified atom stereocenters. The molecule has 2 aliphatic carbocycles. The zero-order valence-corrected chi connectivity index (χ0v) is 22.6. The van der Waals surface area contributed by atoms with Crippen LogP contribution in [-0.2, 0) is 14.8 Å². The van der Waals surface area contributed by atoms with Gasteiger partial charge in [-0.3, -0.25) is 9.29 Å². The van der Waals surface area contributed by atoms with Gasteiger partial charge in [0.25, 0.3) is 0 Å². The van der Waals surface area contributed by atoms with E-state index >= 15 is 0 Å². The molecule has 2 atom stereocenters. The summed E-state index contributed by atoms with van der Waals surface area (Å²) >= 11 is 5.89. The van der Waals surface area contributed by atoms with E-state index in [9.17, 15) is 8.42 Å². The zero-order chi connectivity index (χ0) is 26.4. The van der Waals surface area contributed by atoms with Gasteiger partial charge < -0.3 is 14.2 Å². The lowest BCUT2D eigenvalue weighted by molar-refractivity contribution is 0.0950. The number of nitrogens with one attached hydrogen (secondary N) is 1. The van der Waals surface area contributed by atoms with Crippen LogP contribution in [0.5, 0.6) is 11.5 Å². The van der Waals surface area contributed by atoms with E-state index in [0.717, 1.165) is 12.8 Å². The smallest absolute Gasteiger partial charge is 0.243 e. The predicted octanol–water partition coefficient (Wildman–Crippen LogP) is 3.90. The molecule has 0 saturated heterocycles. The van der Waals surface area contributed by atoms with Crippen molar-refractivity contribution in [2.75, 3.05) is 26.1 Å². The van der Waals surface area contributed by atoms with Crippen molar-refractivity contribution in [3.05, 3.63) is 47.3 Å². The highest BCUT2D eigenvalue weighted by Gasteiger charge is 2.54. The van der Waals surface area contributed by atoms with Crippen LogP contribution in [0.2, 0.25) is 5.02 Å². The second-order valence-electron chi connectivity index (χ2n) is 9.60. The minimum atomic E-state index is -4.06. The Morgan fingerprint density at radius 2 is 1.70 bits per heavy atom. The van der Waals surface area contributed by atoms with Crippen LogP contribution in [-0.4, -0.2) is 59.7 Å². The number of para-hydroxylation sites is 1. The molecular formula is C24H29ClN6O5S. The lowest BCUT2D eigenvalue weighted by atomic mass is 9.71. The summed E-state index contributed by atoms with van der Waals surface area (Å²) in [6, 6.07) is 5.37. The minimum absolute atomic E-state index is 0.0354. The van der Waals surface area contributed by atoms with Crippen LogP contribution in [0.3, 0.4) is 0 Å². The Balaban J connectivity index is 1.54. The molecule has 2 aliphatic rings. The highest BCUT2D eigenvalue weighted by Crippen LogP contribution is 2.66. The summed E-state index contributed by atoms with van der Waals surface area (Å²) in [6.45, 7) is 1.52. The number of anilines is 1. The van der Waals surface area contributed by atoms with Crippen LogP contribution in [0, 0.1) is 5.41 Å². The Bertz CT molecular complexity index is 1360. The molecule has 13 heteroatoms. The maximum Gasteiger partial charge on any atom is 0.243 e. The van der Waals surface area contributed by atoms with Crippen molar-refractivity contribution in [1.82, 2.24) is 24.7 Å². The third kappa shape index (κ3) is 4.73. The van der Waals surface area contributed by atoms with E-state index in [-0.39, 0.29) is 17.7 Å². The number of benzene rings is 1. The van der Waals surface area contributed by atoms with Gasteiger partial charge in [-0.1, -0.05) is 17.7 Å².